The Morgan fingerprint density at radius 1 is 1.45 bits per heavy atom. The molecule has 1 aromatic rings. The molecule has 0 radical (unpaired) electrons. The molecule has 20 heavy (non-hydrogen) atoms. The first-order chi connectivity index (χ1) is 9.53. The lowest BCUT2D eigenvalue weighted by Crippen LogP contribution is -2.54. The number of amides is 2. The average molecular weight is 296 g/mol. The SMILES string of the molecule is Cc1ccc(CC(C)NC(=O)NC2(CO)CCCC2)s1. The maximum atomic E-state index is 12.0. The Kier molecular flexibility index (Phi) is 5.05. The number of hydrogen-bond acceptors (Lipinski definition) is 3. The molecule has 112 valence electrons. The van der Waals surface area contributed by atoms with Gasteiger partial charge in [-0.25, -0.2) is 4.79 Å². The largest absolute Gasteiger partial charge is 0.394 e. The Bertz CT molecular complexity index is 452. The summed E-state index contributed by atoms with van der Waals surface area (Å²) in [5.41, 5.74) is -0.399. The monoisotopic (exact) mass is 296 g/mol. The lowest BCUT2D eigenvalue weighted by atomic mass is 9.99. The highest BCUT2D eigenvalue weighted by Crippen LogP contribution is 2.28. The molecule has 0 aromatic carbocycles. The molecule has 5 heteroatoms. The Labute approximate surface area is 124 Å². The number of carbonyl (C=O) groups excluding carboxylic acids is 1. The third-order valence-electron chi connectivity index (χ3n) is 3.92. The zero-order valence-electron chi connectivity index (χ0n) is 12.2. The number of aliphatic hydroxyl groups excluding tert-OH is 1. The molecule has 4 nitrogen and oxygen atoms in total. The van der Waals surface area contributed by atoms with Crippen LogP contribution in [0.25, 0.3) is 0 Å². The van der Waals surface area contributed by atoms with E-state index in [9.17, 15) is 9.90 Å². The van der Waals surface area contributed by atoms with Crippen LogP contribution in [0.2, 0.25) is 0 Å². The Morgan fingerprint density at radius 3 is 2.70 bits per heavy atom. The van der Waals surface area contributed by atoms with Gasteiger partial charge in [0.1, 0.15) is 0 Å². The van der Waals surface area contributed by atoms with Crippen molar-refractivity contribution >= 4 is 17.4 Å². The zero-order chi connectivity index (χ0) is 14.6. The van der Waals surface area contributed by atoms with Gasteiger partial charge in [-0.05, 0) is 38.8 Å². The van der Waals surface area contributed by atoms with Crippen LogP contribution >= 0.6 is 11.3 Å². The van der Waals surface area contributed by atoms with Crippen molar-refractivity contribution in [2.75, 3.05) is 6.61 Å². The molecule has 1 atom stereocenters. The fourth-order valence-electron chi connectivity index (χ4n) is 2.82. The van der Waals surface area contributed by atoms with Crippen molar-refractivity contribution in [2.24, 2.45) is 0 Å². The van der Waals surface area contributed by atoms with E-state index in [4.69, 9.17) is 0 Å². The van der Waals surface area contributed by atoms with Crippen LogP contribution in [0.4, 0.5) is 4.79 Å². The summed E-state index contributed by atoms with van der Waals surface area (Å²) in [5.74, 6) is 0. The van der Waals surface area contributed by atoms with Crippen molar-refractivity contribution in [3.05, 3.63) is 21.9 Å². The molecule has 1 aliphatic carbocycles. The fourth-order valence-corrected chi connectivity index (χ4v) is 3.84. The van der Waals surface area contributed by atoms with E-state index < -0.39 is 5.54 Å². The summed E-state index contributed by atoms with van der Waals surface area (Å²) in [4.78, 5) is 14.6. The number of aliphatic hydroxyl groups is 1. The number of rotatable bonds is 5. The van der Waals surface area contributed by atoms with Crippen LogP contribution in [0.5, 0.6) is 0 Å². The van der Waals surface area contributed by atoms with Crippen molar-refractivity contribution < 1.29 is 9.90 Å². The minimum atomic E-state index is -0.399. The van der Waals surface area contributed by atoms with Gasteiger partial charge >= 0.3 is 6.03 Å². The number of hydrogen-bond donors (Lipinski definition) is 3. The molecule has 1 aromatic heterocycles. The van der Waals surface area contributed by atoms with Gasteiger partial charge in [-0.2, -0.15) is 0 Å². The summed E-state index contributed by atoms with van der Waals surface area (Å²) >= 11 is 1.77. The first kappa shape index (κ1) is 15.3. The highest BCUT2D eigenvalue weighted by Gasteiger charge is 2.34. The van der Waals surface area contributed by atoms with Gasteiger partial charge in [-0.1, -0.05) is 12.8 Å². The Balaban J connectivity index is 1.81. The van der Waals surface area contributed by atoms with Gasteiger partial charge in [0.15, 0.2) is 0 Å². The van der Waals surface area contributed by atoms with Crippen molar-refractivity contribution in [1.29, 1.82) is 0 Å². The molecule has 2 amide bonds. The van der Waals surface area contributed by atoms with E-state index in [1.54, 1.807) is 11.3 Å². The topological polar surface area (TPSA) is 61.4 Å². The average Bonchev–Trinajstić information content (AvgIpc) is 2.99. The van der Waals surface area contributed by atoms with Crippen molar-refractivity contribution in [3.63, 3.8) is 0 Å². The molecule has 2 rings (SSSR count). The molecule has 0 bridgehead atoms. The molecule has 0 aliphatic heterocycles. The second-order valence-electron chi connectivity index (χ2n) is 5.86. The van der Waals surface area contributed by atoms with Crippen LogP contribution < -0.4 is 10.6 Å². The number of carbonyl (C=O) groups is 1. The van der Waals surface area contributed by atoms with Crippen LogP contribution in [0.15, 0.2) is 12.1 Å². The van der Waals surface area contributed by atoms with Crippen LogP contribution in [0, 0.1) is 6.92 Å². The summed E-state index contributed by atoms with van der Waals surface area (Å²) < 4.78 is 0. The molecule has 1 saturated carbocycles. The van der Waals surface area contributed by atoms with E-state index in [1.165, 1.54) is 9.75 Å². The number of thiophene rings is 1. The number of nitrogens with one attached hydrogen (secondary N) is 2. The summed E-state index contributed by atoms with van der Waals surface area (Å²) in [7, 11) is 0. The van der Waals surface area contributed by atoms with Crippen molar-refractivity contribution in [1.82, 2.24) is 10.6 Å². The van der Waals surface area contributed by atoms with Crippen LogP contribution in [-0.4, -0.2) is 29.3 Å². The summed E-state index contributed by atoms with van der Waals surface area (Å²) in [6, 6.07) is 4.14. The van der Waals surface area contributed by atoms with Crippen molar-refractivity contribution in [2.45, 2.75) is 57.5 Å². The molecule has 1 aliphatic rings. The predicted molar refractivity (Wildman–Crippen MR) is 82.2 cm³/mol. The number of urea groups is 1. The lowest BCUT2D eigenvalue weighted by Gasteiger charge is -2.28. The highest BCUT2D eigenvalue weighted by atomic mass is 32.1. The third-order valence-corrected chi connectivity index (χ3v) is 4.95. The second-order valence-corrected chi connectivity index (χ2v) is 7.23. The van der Waals surface area contributed by atoms with E-state index in [-0.39, 0.29) is 18.7 Å². The molecular weight excluding hydrogens is 272 g/mol. The highest BCUT2D eigenvalue weighted by molar-refractivity contribution is 7.11. The maximum Gasteiger partial charge on any atom is 0.315 e. The van der Waals surface area contributed by atoms with Crippen molar-refractivity contribution in [3.8, 4) is 0 Å². The predicted octanol–water partition coefficient (Wildman–Crippen LogP) is 2.59. The van der Waals surface area contributed by atoms with E-state index in [0.29, 0.717) is 0 Å². The third kappa shape index (κ3) is 3.96. The van der Waals surface area contributed by atoms with Gasteiger partial charge in [0.25, 0.3) is 0 Å². The summed E-state index contributed by atoms with van der Waals surface area (Å²) in [6.07, 6.45) is 4.73. The van der Waals surface area contributed by atoms with E-state index in [2.05, 4.69) is 29.7 Å². The Morgan fingerprint density at radius 2 is 2.15 bits per heavy atom. The normalized spacial score (nSPS) is 18.8. The minimum absolute atomic E-state index is 0.0267. The van der Waals surface area contributed by atoms with Gasteiger partial charge in [0.05, 0.1) is 12.1 Å². The van der Waals surface area contributed by atoms with Crippen LogP contribution in [0.1, 0.15) is 42.4 Å². The van der Waals surface area contributed by atoms with E-state index >= 15 is 0 Å². The smallest absolute Gasteiger partial charge is 0.315 e. The van der Waals surface area contributed by atoms with Gasteiger partial charge in [0.2, 0.25) is 0 Å². The summed E-state index contributed by atoms with van der Waals surface area (Å²) in [5, 5.41) is 15.4. The first-order valence-corrected chi connectivity index (χ1v) is 8.09. The van der Waals surface area contributed by atoms with Gasteiger partial charge < -0.3 is 15.7 Å². The maximum absolute atomic E-state index is 12.0. The first-order valence-electron chi connectivity index (χ1n) is 7.28. The lowest BCUT2D eigenvalue weighted by molar-refractivity contribution is 0.162. The van der Waals surface area contributed by atoms with Gasteiger partial charge in [0, 0.05) is 22.2 Å². The quantitative estimate of drug-likeness (QED) is 0.782. The number of aryl methyl sites for hydroxylation is 1. The molecule has 3 N–H and O–H groups in total. The molecule has 1 unspecified atom stereocenters. The van der Waals surface area contributed by atoms with E-state index in [1.807, 2.05) is 6.92 Å². The molecule has 0 spiro atoms. The molecule has 1 heterocycles. The molecule has 0 saturated heterocycles. The standard InChI is InChI=1S/C15H24N2O2S/c1-11(9-13-6-5-12(2)20-13)16-14(19)17-15(10-18)7-3-4-8-15/h5-6,11,18H,3-4,7-10H2,1-2H3,(H2,16,17,19). The zero-order valence-corrected chi connectivity index (χ0v) is 13.1. The fraction of sp³-hybridized carbons (Fsp3) is 0.667. The van der Waals surface area contributed by atoms with Crippen LogP contribution in [-0.2, 0) is 6.42 Å². The second kappa shape index (κ2) is 6.59. The van der Waals surface area contributed by atoms with Gasteiger partial charge in [-0.15, -0.1) is 11.3 Å². The minimum Gasteiger partial charge on any atom is -0.394 e. The van der Waals surface area contributed by atoms with Crippen LogP contribution in [0.3, 0.4) is 0 Å². The van der Waals surface area contributed by atoms with Gasteiger partial charge in [-0.3, -0.25) is 0 Å². The summed E-state index contributed by atoms with van der Waals surface area (Å²) in [6.45, 7) is 4.12. The van der Waals surface area contributed by atoms with E-state index in [0.717, 1.165) is 32.1 Å². The Hall–Kier alpha value is -1.07. The molecule has 1 fully saturated rings. The molecular formula is C15H24N2O2S.